The predicted molar refractivity (Wildman–Crippen MR) is 100 cm³/mol. The number of nitrogens with zero attached hydrogens (tertiary/aromatic N) is 3. The lowest BCUT2D eigenvalue weighted by Crippen LogP contribution is -2.31. The maximum Gasteiger partial charge on any atom is 0.258 e. The summed E-state index contributed by atoms with van der Waals surface area (Å²) in [7, 11) is 0. The van der Waals surface area contributed by atoms with Crippen LogP contribution in [0.4, 0.5) is 17.2 Å². The van der Waals surface area contributed by atoms with E-state index in [1.54, 1.807) is 18.3 Å². The summed E-state index contributed by atoms with van der Waals surface area (Å²) in [4.78, 5) is 22.6. The molecule has 6 nitrogen and oxygen atoms in total. The van der Waals surface area contributed by atoms with Crippen molar-refractivity contribution >= 4 is 28.9 Å². The number of amides is 1. The Labute approximate surface area is 150 Å². The van der Waals surface area contributed by atoms with Gasteiger partial charge in [-0.05, 0) is 30.3 Å². The number of rotatable bonds is 3. The van der Waals surface area contributed by atoms with Gasteiger partial charge in [-0.15, -0.1) is 0 Å². The summed E-state index contributed by atoms with van der Waals surface area (Å²) in [5.41, 5.74) is 2.70. The van der Waals surface area contributed by atoms with Crippen LogP contribution in [0.5, 0.6) is 0 Å². The Bertz CT molecular complexity index is 971. The average Bonchev–Trinajstić information content (AvgIpc) is 2.70. The Morgan fingerprint density at radius 1 is 1.04 bits per heavy atom. The Kier molecular flexibility index (Phi) is 4.07. The normalized spacial score (nSPS) is 13.3. The third kappa shape index (κ3) is 2.88. The molecule has 1 aliphatic heterocycles. The minimum atomic E-state index is -0.392. The van der Waals surface area contributed by atoms with Gasteiger partial charge in [0.05, 0.1) is 17.8 Å². The van der Waals surface area contributed by atoms with E-state index in [2.05, 4.69) is 15.3 Å². The number of hydrogen-bond acceptors (Lipinski definition) is 5. The largest absolute Gasteiger partial charge is 0.507 e. The van der Waals surface area contributed by atoms with Crippen LogP contribution in [0.3, 0.4) is 0 Å². The Morgan fingerprint density at radius 2 is 1.81 bits per heavy atom. The quantitative estimate of drug-likeness (QED) is 0.760. The van der Waals surface area contributed by atoms with Crippen LogP contribution in [0, 0.1) is 0 Å². The highest BCUT2D eigenvalue weighted by atomic mass is 16.3. The number of carbonyl (C=O) groups excluding carboxylic acids is 1. The summed E-state index contributed by atoms with van der Waals surface area (Å²) in [5.74, 6) is -0.0219. The third-order valence-corrected chi connectivity index (χ3v) is 4.22. The molecule has 2 N–H and O–H groups in total. The Morgan fingerprint density at radius 3 is 2.58 bits per heavy atom. The van der Waals surface area contributed by atoms with Crippen molar-refractivity contribution in [3.8, 4) is 0 Å². The molecule has 3 aromatic rings. The van der Waals surface area contributed by atoms with Crippen LogP contribution < -0.4 is 10.2 Å². The number of para-hydroxylation sites is 2. The topological polar surface area (TPSA) is 78.3 Å². The standard InChI is InChI=1S/C20H16N4O2/c25-19-15-8-4-5-9-17(15)24(14-6-2-1-3-7-14)12-16(19)20(26)23-18-10-11-21-13-22-18/h1-11,13,25H,12H2,(H,21,22,23,26). The molecule has 2 aromatic carbocycles. The van der Waals surface area contributed by atoms with Gasteiger partial charge in [0.15, 0.2) is 0 Å². The summed E-state index contributed by atoms with van der Waals surface area (Å²) in [6.07, 6.45) is 2.90. The molecule has 4 rings (SSSR count). The van der Waals surface area contributed by atoms with Crippen LogP contribution in [0.25, 0.3) is 5.76 Å². The molecule has 26 heavy (non-hydrogen) atoms. The van der Waals surface area contributed by atoms with E-state index in [4.69, 9.17) is 0 Å². The highest BCUT2D eigenvalue weighted by Crippen LogP contribution is 2.37. The van der Waals surface area contributed by atoms with Crippen molar-refractivity contribution in [2.45, 2.75) is 0 Å². The van der Waals surface area contributed by atoms with Gasteiger partial charge < -0.3 is 15.3 Å². The summed E-state index contributed by atoms with van der Waals surface area (Å²) >= 11 is 0. The van der Waals surface area contributed by atoms with Gasteiger partial charge >= 0.3 is 0 Å². The summed E-state index contributed by atoms with van der Waals surface area (Å²) in [6.45, 7) is 0.254. The van der Waals surface area contributed by atoms with Crippen LogP contribution in [0.1, 0.15) is 5.56 Å². The van der Waals surface area contributed by atoms with Gasteiger partial charge in [-0.25, -0.2) is 9.97 Å². The number of anilines is 3. The van der Waals surface area contributed by atoms with Gasteiger partial charge in [0.2, 0.25) is 0 Å². The summed E-state index contributed by atoms with van der Waals surface area (Å²) in [6, 6.07) is 18.8. The van der Waals surface area contributed by atoms with Crippen molar-refractivity contribution in [1.82, 2.24) is 9.97 Å². The molecular formula is C20H16N4O2. The third-order valence-electron chi connectivity index (χ3n) is 4.22. The Balaban J connectivity index is 1.74. The number of carbonyl (C=O) groups is 1. The molecule has 1 amide bonds. The van der Waals surface area contributed by atoms with Crippen molar-refractivity contribution in [2.24, 2.45) is 0 Å². The number of nitrogens with one attached hydrogen (secondary N) is 1. The fourth-order valence-corrected chi connectivity index (χ4v) is 2.96. The monoisotopic (exact) mass is 344 g/mol. The van der Waals surface area contributed by atoms with Crippen molar-refractivity contribution in [1.29, 1.82) is 0 Å². The minimum absolute atomic E-state index is 0.0145. The smallest absolute Gasteiger partial charge is 0.258 e. The molecule has 6 heteroatoms. The molecule has 0 atom stereocenters. The van der Waals surface area contributed by atoms with Gasteiger partial charge in [-0.3, -0.25) is 4.79 Å². The average molecular weight is 344 g/mol. The van der Waals surface area contributed by atoms with Gasteiger partial charge in [0.25, 0.3) is 5.91 Å². The molecule has 1 aromatic heterocycles. The molecule has 128 valence electrons. The molecule has 0 spiro atoms. The van der Waals surface area contributed by atoms with Crippen molar-refractivity contribution in [2.75, 3.05) is 16.8 Å². The molecular weight excluding hydrogens is 328 g/mol. The Hall–Kier alpha value is -3.67. The number of benzene rings is 2. The van der Waals surface area contributed by atoms with Crippen LogP contribution in [0.15, 0.2) is 78.8 Å². The highest BCUT2D eigenvalue weighted by molar-refractivity contribution is 6.10. The molecule has 0 fully saturated rings. The molecule has 0 saturated carbocycles. The van der Waals surface area contributed by atoms with Crippen LogP contribution >= 0.6 is 0 Å². The first-order valence-electron chi connectivity index (χ1n) is 8.15. The number of fused-ring (bicyclic) bond motifs is 1. The minimum Gasteiger partial charge on any atom is -0.507 e. The lowest BCUT2D eigenvalue weighted by atomic mass is 9.99. The number of aliphatic hydroxyl groups excluding tert-OH is 1. The van der Waals surface area contributed by atoms with E-state index in [1.165, 1.54) is 6.33 Å². The van der Waals surface area contributed by atoms with Gasteiger partial charge in [0.1, 0.15) is 17.9 Å². The lowest BCUT2D eigenvalue weighted by Gasteiger charge is -2.32. The molecule has 0 unspecified atom stereocenters. The number of aliphatic hydroxyl groups is 1. The first-order chi connectivity index (χ1) is 12.7. The van der Waals surface area contributed by atoms with Crippen molar-refractivity contribution < 1.29 is 9.90 Å². The van der Waals surface area contributed by atoms with E-state index in [-0.39, 0.29) is 17.9 Å². The molecule has 0 bridgehead atoms. The van der Waals surface area contributed by atoms with E-state index in [1.807, 2.05) is 53.4 Å². The molecule has 2 heterocycles. The lowest BCUT2D eigenvalue weighted by molar-refractivity contribution is -0.112. The highest BCUT2D eigenvalue weighted by Gasteiger charge is 2.28. The summed E-state index contributed by atoms with van der Waals surface area (Å²) < 4.78 is 0. The van der Waals surface area contributed by atoms with Gasteiger partial charge in [-0.2, -0.15) is 0 Å². The van der Waals surface area contributed by atoms with Gasteiger partial charge in [-0.1, -0.05) is 30.3 Å². The molecule has 0 aliphatic carbocycles. The zero-order valence-electron chi connectivity index (χ0n) is 13.8. The van der Waals surface area contributed by atoms with Crippen LogP contribution in [0.2, 0.25) is 0 Å². The zero-order valence-corrected chi connectivity index (χ0v) is 13.8. The number of hydrogen-bond donors (Lipinski definition) is 2. The van der Waals surface area contributed by atoms with E-state index < -0.39 is 5.91 Å². The zero-order chi connectivity index (χ0) is 17.9. The van der Waals surface area contributed by atoms with E-state index in [0.29, 0.717) is 11.4 Å². The molecule has 0 saturated heterocycles. The van der Waals surface area contributed by atoms with Crippen molar-refractivity contribution in [3.63, 3.8) is 0 Å². The first kappa shape index (κ1) is 15.8. The maximum atomic E-state index is 12.7. The molecule has 1 aliphatic rings. The van der Waals surface area contributed by atoms with E-state index >= 15 is 0 Å². The SMILES string of the molecule is O=C(Nc1ccncn1)C1=C(O)c2ccccc2N(c2ccccc2)C1. The van der Waals surface area contributed by atoms with Crippen LogP contribution in [-0.2, 0) is 4.79 Å². The fourth-order valence-electron chi connectivity index (χ4n) is 2.96. The predicted octanol–water partition coefficient (Wildman–Crippen LogP) is 3.54. The number of aromatic nitrogens is 2. The maximum absolute atomic E-state index is 12.7. The molecule has 0 radical (unpaired) electrons. The summed E-state index contributed by atoms with van der Waals surface area (Å²) in [5, 5.41) is 13.4. The second-order valence-corrected chi connectivity index (χ2v) is 5.81. The van der Waals surface area contributed by atoms with Crippen molar-refractivity contribution in [3.05, 3.63) is 84.3 Å². The van der Waals surface area contributed by atoms with Crippen LogP contribution in [-0.4, -0.2) is 27.5 Å². The first-order valence-corrected chi connectivity index (χ1v) is 8.15. The van der Waals surface area contributed by atoms with Gasteiger partial charge in [0, 0.05) is 17.4 Å². The second kappa shape index (κ2) is 6.68. The second-order valence-electron chi connectivity index (χ2n) is 5.81. The van der Waals surface area contributed by atoms with E-state index in [9.17, 15) is 9.90 Å². The fraction of sp³-hybridized carbons (Fsp3) is 0.0500. The van der Waals surface area contributed by atoms with E-state index in [0.717, 1.165) is 11.4 Å².